The second kappa shape index (κ2) is 6.39. The lowest BCUT2D eigenvalue weighted by Gasteiger charge is -2.14. The van der Waals surface area contributed by atoms with E-state index in [9.17, 15) is 9.59 Å². The number of nitrogens with zero attached hydrogens (tertiary/aromatic N) is 4. The van der Waals surface area contributed by atoms with Crippen molar-refractivity contribution in [3.05, 3.63) is 64.1 Å². The van der Waals surface area contributed by atoms with Crippen molar-refractivity contribution < 1.29 is 4.79 Å². The monoisotopic (exact) mass is 338 g/mol. The maximum Gasteiger partial charge on any atom is 0.271 e. The third-order valence-electron chi connectivity index (χ3n) is 4.32. The molecule has 1 aliphatic heterocycles. The van der Waals surface area contributed by atoms with Crippen LogP contribution in [0.1, 0.15) is 35.0 Å². The number of H-pyrrole nitrogens is 1. The van der Waals surface area contributed by atoms with Gasteiger partial charge in [0.05, 0.1) is 12.2 Å². The topological polar surface area (TPSA) is 97.6 Å². The van der Waals surface area contributed by atoms with E-state index in [-0.39, 0.29) is 23.7 Å². The van der Waals surface area contributed by atoms with Crippen molar-refractivity contribution in [1.82, 2.24) is 29.9 Å². The first kappa shape index (κ1) is 15.4. The van der Waals surface area contributed by atoms with E-state index in [0.29, 0.717) is 5.69 Å². The zero-order valence-corrected chi connectivity index (χ0v) is 13.6. The van der Waals surface area contributed by atoms with Gasteiger partial charge < -0.3 is 9.88 Å². The Kier molecular flexibility index (Phi) is 3.93. The molecule has 3 aromatic rings. The van der Waals surface area contributed by atoms with Crippen molar-refractivity contribution in [3.63, 3.8) is 0 Å². The van der Waals surface area contributed by atoms with Gasteiger partial charge in [-0.1, -0.05) is 18.2 Å². The maximum absolute atomic E-state index is 12.4. The fraction of sp³-hybridized carbons (Fsp3) is 0.294. The second-order valence-corrected chi connectivity index (χ2v) is 6.00. The van der Waals surface area contributed by atoms with Crippen LogP contribution in [0.2, 0.25) is 0 Å². The molecule has 0 unspecified atom stereocenters. The summed E-state index contributed by atoms with van der Waals surface area (Å²) in [5.74, 6) is 1.37. The van der Waals surface area contributed by atoms with Gasteiger partial charge in [0.15, 0.2) is 5.82 Å². The van der Waals surface area contributed by atoms with E-state index >= 15 is 0 Å². The normalized spacial score (nSPS) is 13.4. The Hall–Kier alpha value is -3.16. The number of carbonyl (C=O) groups excluding carboxylic acids is 1. The van der Waals surface area contributed by atoms with E-state index in [1.165, 1.54) is 10.7 Å². The van der Waals surface area contributed by atoms with Crippen LogP contribution in [-0.2, 0) is 19.5 Å². The molecule has 1 amide bonds. The molecule has 0 aliphatic carbocycles. The van der Waals surface area contributed by atoms with Crippen molar-refractivity contribution in [1.29, 1.82) is 0 Å². The second-order valence-electron chi connectivity index (χ2n) is 6.00. The molecule has 0 saturated heterocycles. The van der Waals surface area contributed by atoms with Gasteiger partial charge >= 0.3 is 0 Å². The van der Waals surface area contributed by atoms with Crippen LogP contribution in [0.5, 0.6) is 0 Å². The number of aromatic nitrogens is 5. The number of carbonyl (C=O) groups is 1. The van der Waals surface area contributed by atoms with Crippen LogP contribution in [-0.4, -0.2) is 30.5 Å². The minimum absolute atomic E-state index is 0.215. The molecule has 128 valence electrons. The lowest BCUT2D eigenvalue weighted by molar-refractivity contribution is 0.0944. The maximum atomic E-state index is 12.4. The molecule has 4 rings (SSSR count). The number of para-hydroxylation sites is 1. The molecule has 8 heteroatoms. The van der Waals surface area contributed by atoms with Gasteiger partial charge in [0.2, 0.25) is 0 Å². The van der Waals surface area contributed by atoms with E-state index in [4.69, 9.17) is 0 Å². The number of amides is 1. The molecule has 0 saturated carbocycles. The summed E-state index contributed by atoms with van der Waals surface area (Å²) in [4.78, 5) is 24.4. The van der Waals surface area contributed by atoms with Gasteiger partial charge in [0, 0.05) is 19.0 Å². The van der Waals surface area contributed by atoms with Crippen LogP contribution in [0, 0.1) is 0 Å². The van der Waals surface area contributed by atoms with Crippen molar-refractivity contribution in [2.75, 3.05) is 0 Å². The van der Waals surface area contributed by atoms with Crippen LogP contribution >= 0.6 is 0 Å². The van der Waals surface area contributed by atoms with Crippen molar-refractivity contribution in [2.45, 2.75) is 32.4 Å². The highest BCUT2D eigenvalue weighted by atomic mass is 16.2. The number of aryl methyl sites for hydroxylation is 1. The number of hydrogen-bond acceptors (Lipinski definition) is 4. The average Bonchev–Trinajstić information content (AvgIpc) is 3.24. The summed E-state index contributed by atoms with van der Waals surface area (Å²) in [7, 11) is 0. The molecule has 2 N–H and O–H groups in total. The number of nitrogens with one attached hydrogen (secondary N) is 2. The van der Waals surface area contributed by atoms with Crippen molar-refractivity contribution >= 4 is 5.91 Å². The molecular weight excluding hydrogens is 320 g/mol. The highest BCUT2D eigenvalue weighted by Crippen LogP contribution is 2.14. The van der Waals surface area contributed by atoms with Crippen LogP contribution in [0.3, 0.4) is 0 Å². The summed E-state index contributed by atoms with van der Waals surface area (Å²) < 4.78 is 3.40. The Bertz CT molecular complexity index is 953. The van der Waals surface area contributed by atoms with Crippen LogP contribution in [0.4, 0.5) is 0 Å². The molecule has 2 aromatic heterocycles. The van der Waals surface area contributed by atoms with E-state index < -0.39 is 0 Å². The van der Waals surface area contributed by atoms with E-state index in [1.807, 2.05) is 18.2 Å². The van der Waals surface area contributed by atoms with E-state index in [1.54, 1.807) is 12.1 Å². The smallest absolute Gasteiger partial charge is 0.271 e. The zero-order chi connectivity index (χ0) is 17.2. The minimum atomic E-state index is -0.347. The molecule has 25 heavy (non-hydrogen) atoms. The van der Waals surface area contributed by atoms with Crippen LogP contribution in [0.15, 0.2) is 41.2 Å². The first-order valence-electron chi connectivity index (χ1n) is 8.29. The number of fused-ring (bicyclic) bond motifs is 1. The minimum Gasteiger partial charge on any atom is -0.343 e. The quantitative estimate of drug-likeness (QED) is 0.742. The summed E-state index contributed by atoms with van der Waals surface area (Å²) in [6, 6.07) is 10.4. The number of hydrogen-bond donors (Lipinski definition) is 2. The predicted octanol–water partition coefficient (Wildman–Crippen LogP) is 1.02. The summed E-state index contributed by atoms with van der Waals surface area (Å²) >= 11 is 0. The zero-order valence-electron chi connectivity index (χ0n) is 13.6. The molecule has 0 fully saturated rings. The van der Waals surface area contributed by atoms with E-state index in [0.717, 1.165) is 37.5 Å². The largest absolute Gasteiger partial charge is 0.343 e. The lowest BCUT2D eigenvalue weighted by atomic mass is 10.2. The molecule has 0 atom stereocenters. The standard InChI is InChI=1S/C17H18N6O2/c24-16-10-13(21-23(16)12-6-2-1-3-7-12)17(25)18-11-15-20-19-14-8-4-5-9-22(14)15/h1-3,6-7,10,21H,4-5,8-9,11H2,(H,18,25). The Morgan fingerprint density at radius 2 is 2.04 bits per heavy atom. The Morgan fingerprint density at radius 3 is 2.88 bits per heavy atom. The average molecular weight is 338 g/mol. The molecular formula is C17H18N6O2. The molecule has 1 aliphatic rings. The van der Waals surface area contributed by atoms with E-state index in [2.05, 4.69) is 25.2 Å². The molecule has 8 nitrogen and oxygen atoms in total. The fourth-order valence-corrected chi connectivity index (χ4v) is 3.03. The van der Waals surface area contributed by atoms with Crippen LogP contribution < -0.4 is 10.9 Å². The fourth-order valence-electron chi connectivity index (χ4n) is 3.03. The Morgan fingerprint density at radius 1 is 1.20 bits per heavy atom. The lowest BCUT2D eigenvalue weighted by Crippen LogP contribution is -2.26. The van der Waals surface area contributed by atoms with Gasteiger partial charge in [0.25, 0.3) is 11.5 Å². The third-order valence-corrected chi connectivity index (χ3v) is 4.32. The highest BCUT2D eigenvalue weighted by Gasteiger charge is 2.17. The van der Waals surface area contributed by atoms with Gasteiger partial charge in [0.1, 0.15) is 11.5 Å². The first-order valence-corrected chi connectivity index (χ1v) is 8.29. The number of benzene rings is 1. The first-order chi connectivity index (χ1) is 12.2. The van der Waals surface area contributed by atoms with Crippen LogP contribution in [0.25, 0.3) is 5.69 Å². The summed E-state index contributed by atoms with van der Waals surface area (Å²) in [5.41, 5.74) is 0.613. The highest BCUT2D eigenvalue weighted by molar-refractivity contribution is 5.92. The molecule has 3 heterocycles. The van der Waals surface area contributed by atoms with Gasteiger partial charge in [-0.2, -0.15) is 0 Å². The summed E-state index contributed by atoms with van der Waals surface area (Å²) in [5, 5.41) is 14.0. The molecule has 0 radical (unpaired) electrons. The summed E-state index contributed by atoms with van der Waals surface area (Å²) in [6.45, 7) is 1.17. The van der Waals surface area contributed by atoms with Gasteiger partial charge in [-0.15, -0.1) is 10.2 Å². The third kappa shape index (κ3) is 2.98. The number of rotatable bonds is 4. The molecule has 1 aromatic carbocycles. The number of aromatic amines is 1. The van der Waals surface area contributed by atoms with Gasteiger partial charge in [-0.05, 0) is 25.0 Å². The molecule has 0 spiro atoms. The van der Waals surface area contributed by atoms with Crippen molar-refractivity contribution in [2.24, 2.45) is 0 Å². The van der Waals surface area contributed by atoms with Gasteiger partial charge in [-0.25, -0.2) is 4.68 Å². The SMILES string of the molecule is O=C(NCc1nnc2n1CCCC2)c1cc(=O)n(-c2ccccc2)[nH]1. The Labute approximate surface area is 143 Å². The predicted molar refractivity (Wildman–Crippen MR) is 90.5 cm³/mol. The summed E-state index contributed by atoms with van der Waals surface area (Å²) in [6.07, 6.45) is 3.14. The van der Waals surface area contributed by atoms with Crippen molar-refractivity contribution in [3.8, 4) is 5.69 Å². The van der Waals surface area contributed by atoms with Gasteiger partial charge in [-0.3, -0.25) is 14.7 Å². The molecule has 0 bridgehead atoms. The Balaban J connectivity index is 1.49.